The van der Waals surface area contributed by atoms with E-state index in [0.717, 1.165) is 0 Å². The molecule has 2 rings (SSSR count). The molecule has 1 aromatic carbocycles. The smallest absolute Gasteiger partial charge is 0.170 e. The van der Waals surface area contributed by atoms with Crippen LogP contribution < -0.4 is 0 Å². The molecule has 0 aromatic heterocycles. The SMILES string of the molecule is CC1(c2cccc(Cl)c2F)COC=N1. The lowest BCUT2D eigenvalue weighted by Crippen LogP contribution is -2.22. The van der Waals surface area contributed by atoms with E-state index in [0.29, 0.717) is 12.2 Å². The molecule has 1 unspecified atom stereocenters. The number of nitrogens with zero attached hydrogens (tertiary/aromatic N) is 1. The van der Waals surface area contributed by atoms with E-state index in [1.165, 1.54) is 12.5 Å². The highest BCUT2D eigenvalue weighted by Gasteiger charge is 2.33. The van der Waals surface area contributed by atoms with Crippen molar-refractivity contribution in [1.82, 2.24) is 0 Å². The number of hydrogen-bond donors (Lipinski definition) is 0. The molecular weight excluding hydrogens is 205 g/mol. The van der Waals surface area contributed by atoms with Crippen LogP contribution in [0.1, 0.15) is 12.5 Å². The number of hydrogen-bond acceptors (Lipinski definition) is 2. The summed E-state index contributed by atoms with van der Waals surface area (Å²) in [7, 11) is 0. The fraction of sp³-hybridized carbons (Fsp3) is 0.300. The first-order valence-electron chi connectivity index (χ1n) is 4.23. The van der Waals surface area contributed by atoms with E-state index in [1.54, 1.807) is 12.1 Å². The lowest BCUT2D eigenvalue weighted by atomic mass is 9.94. The predicted octanol–water partition coefficient (Wildman–Crippen LogP) is 2.75. The summed E-state index contributed by atoms with van der Waals surface area (Å²) in [4.78, 5) is 4.09. The Labute approximate surface area is 86.4 Å². The summed E-state index contributed by atoms with van der Waals surface area (Å²) in [5, 5.41) is 0.117. The van der Waals surface area contributed by atoms with Gasteiger partial charge < -0.3 is 4.74 Å². The summed E-state index contributed by atoms with van der Waals surface area (Å²) in [6.45, 7) is 2.16. The topological polar surface area (TPSA) is 21.6 Å². The molecule has 1 aliphatic heterocycles. The fourth-order valence-electron chi connectivity index (χ4n) is 1.46. The van der Waals surface area contributed by atoms with Gasteiger partial charge in [0.2, 0.25) is 0 Å². The standard InChI is InChI=1S/C10H9ClFNO/c1-10(5-14-6-13-10)7-3-2-4-8(11)9(7)12/h2-4,6H,5H2,1H3. The Kier molecular flexibility index (Phi) is 2.19. The number of ether oxygens (including phenoxy) is 1. The van der Waals surface area contributed by atoms with Gasteiger partial charge in [-0.2, -0.15) is 0 Å². The minimum Gasteiger partial charge on any atom is -0.481 e. The molecule has 1 heterocycles. The maximum atomic E-state index is 13.6. The van der Waals surface area contributed by atoms with Crippen molar-refractivity contribution >= 4 is 18.0 Å². The van der Waals surface area contributed by atoms with Crippen LogP contribution in [0.25, 0.3) is 0 Å². The van der Waals surface area contributed by atoms with Crippen LogP contribution in [-0.2, 0) is 10.3 Å². The molecular formula is C10H9ClFNO. The zero-order valence-corrected chi connectivity index (χ0v) is 8.38. The van der Waals surface area contributed by atoms with E-state index in [-0.39, 0.29) is 5.02 Å². The second-order valence-electron chi connectivity index (χ2n) is 3.42. The molecule has 74 valence electrons. The molecule has 0 spiro atoms. The van der Waals surface area contributed by atoms with Crippen LogP contribution in [0.4, 0.5) is 4.39 Å². The van der Waals surface area contributed by atoms with Gasteiger partial charge in [0.25, 0.3) is 0 Å². The minimum atomic E-state index is -0.644. The van der Waals surface area contributed by atoms with Crippen molar-refractivity contribution in [2.75, 3.05) is 6.61 Å². The van der Waals surface area contributed by atoms with E-state index in [2.05, 4.69) is 4.99 Å². The number of aliphatic imine (C=N–C) groups is 1. The van der Waals surface area contributed by atoms with Gasteiger partial charge in [-0.1, -0.05) is 23.7 Å². The molecule has 4 heteroatoms. The van der Waals surface area contributed by atoms with Gasteiger partial charge in [-0.05, 0) is 13.0 Å². The second kappa shape index (κ2) is 3.24. The molecule has 0 fully saturated rings. The van der Waals surface area contributed by atoms with Crippen LogP contribution in [0.2, 0.25) is 5.02 Å². The van der Waals surface area contributed by atoms with Crippen molar-refractivity contribution in [2.24, 2.45) is 4.99 Å². The Morgan fingerprint density at radius 1 is 1.57 bits per heavy atom. The Balaban J connectivity index is 2.51. The van der Waals surface area contributed by atoms with Crippen molar-refractivity contribution in [3.05, 3.63) is 34.6 Å². The van der Waals surface area contributed by atoms with Crippen molar-refractivity contribution in [3.8, 4) is 0 Å². The fourth-order valence-corrected chi connectivity index (χ4v) is 1.63. The van der Waals surface area contributed by atoms with Gasteiger partial charge in [0.15, 0.2) is 6.40 Å². The average Bonchev–Trinajstić information content (AvgIpc) is 2.58. The van der Waals surface area contributed by atoms with Crippen molar-refractivity contribution in [3.63, 3.8) is 0 Å². The summed E-state index contributed by atoms with van der Waals surface area (Å²) in [6.07, 6.45) is 1.35. The molecule has 0 radical (unpaired) electrons. The van der Waals surface area contributed by atoms with Crippen molar-refractivity contribution in [1.29, 1.82) is 0 Å². The highest BCUT2D eigenvalue weighted by atomic mass is 35.5. The van der Waals surface area contributed by atoms with E-state index in [9.17, 15) is 4.39 Å². The summed E-state index contributed by atoms with van der Waals surface area (Å²) in [5.41, 5.74) is -0.173. The van der Waals surface area contributed by atoms with E-state index in [4.69, 9.17) is 16.3 Å². The Hall–Kier alpha value is -1.09. The van der Waals surface area contributed by atoms with Crippen molar-refractivity contribution in [2.45, 2.75) is 12.5 Å². The Morgan fingerprint density at radius 2 is 2.36 bits per heavy atom. The maximum Gasteiger partial charge on any atom is 0.170 e. The molecule has 0 bridgehead atoms. The largest absolute Gasteiger partial charge is 0.481 e. The molecule has 1 aromatic rings. The molecule has 0 saturated heterocycles. The quantitative estimate of drug-likeness (QED) is 0.703. The minimum absolute atomic E-state index is 0.117. The molecule has 1 aliphatic rings. The first kappa shape index (κ1) is 9.46. The molecule has 14 heavy (non-hydrogen) atoms. The molecule has 0 N–H and O–H groups in total. The van der Waals surface area contributed by atoms with Crippen LogP contribution in [0.15, 0.2) is 23.2 Å². The third-order valence-corrected chi connectivity index (χ3v) is 2.60. The van der Waals surface area contributed by atoms with E-state index >= 15 is 0 Å². The summed E-state index contributed by atoms with van der Waals surface area (Å²) >= 11 is 5.69. The van der Waals surface area contributed by atoms with Gasteiger partial charge >= 0.3 is 0 Å². The van der Waals surface area contributed by atoms with Crippen LogP contribution in [-0.4, -0.2) is 13.0 Å². The van der Waals surface area contributed by atoms with Crippen molar-refractivity contribution < 1.29 is 9.13 Å². The maximum absolute atomic E-state index is 13.6. The van der Waals surface area contributed by atoms with Gasteiger partial charge in [-0.25, -0.2) is 9.38 Å². The Bertz CT molecular complexity index is 394. The van der Waals surface area contributed by atoms with Gasteiger partial charge in [0.1, 0.15) is 18.0 Å². The number of benzene rings is 1. The molecule has 0 amide bonds. The molecule has 0 saturated carbocycles. The van der Waals surface area contributed by atoms with Crippen LogP contribution in [0.3, 0.4) is 0 Å². The summed E-state index contributed by atoms with van der Waals surface area (Å²) in [6, 6.07) is 4.90. The van der Waals surface area contributed by atoms with Gasteiger partial charge in [0, 0.05) is 5.56 Å². The van der Waals surface area contributed by atoms with Gasteiger partial charge in [0.05, 0.1) is 5.02 Å². The molecule has 2 nitrogen and oxygen atoms in total. The predicted molar refractivity (Wildman–Crippen MR) is 53.2 cm³/mol. The Morgan fingerprint density at radius 3 is 3.00 bits per heavy atom. The summed E-state index contributed by atoms with van der Waals surface area (Å²) < 4.78 is 18.6. The third kappa shape index (κ3) is 1.38. The summed E-state index contributed by atoms with van der Waals surface area (Å²) in [5.74, 6) is -0.417. The van der Waals surface area contributed by atoms with E-state index < -0.39 is 11.4 Å². The highest BCUT2D eigenvalue weighted by molar-refractivity contribution is 6.30. The average molecular weight is 214 g/mol. The van der Waals surface area contributed by atoms with E-state index in [1.807, 2.05) is 6.92 Å². The third-order valence-electron chi connectivity index (χ3n) is 2.31. The molecule has 1 atom stereocenters. The second-order valence-corrected chi connectivity index (χ2v) is 3.83. The highest BCUT2D eigenvalue weighted by Crippen LogP contribution is 2.32. The number of halogens is 2. The van der Waals surface area contributed by atoms with Crippen LogP contribution in [0, 0.1) is 5.82 Å². The van der Waals surface area contributed by atoms with Gasteiger partial charge in [-0.3, -0.25) is 0 Å². The van der Waals surface area contributed by atoms with Crippen LogP contribution in [0.5, 0.6) is 0 Å². The first-order valence-corrected chi connectivity index (χ1v) is 4.61. The zero-order chi connectivity index (χ0) is 10.2. The zero-order valence-electron chi connectivity index (χ0n) is 7.63. The molecule has 0 aliphatic carbocycles. The lowest BCUT2D eigenvalue weighted by molar-refractivity contribution is 0.272. The van der Waals surface area contributed by atoms with Crippen LogP contribution >= 0.6 is 11.6 Å². The monoisotopic (exact) mass is 213 g/mol. The number of rotatable bonds is 1. The first-order chi connectivity index (χ1) is 6.63. The van der Waals surface area contributed by atoms with Gasteiger partial charge in [-0.15, -0.1) is 0 Å². The normalized spacial score (nSPS) is 25.1. The lowest BCUT2D eigenvalue weighted by Gasteiger charge is -2.19.